The molecule has 2 aromatic carbocycles. The molecule has 30 heavy (non-hydrogen) atoms. The van der Waals surface area contributed by atoms with Crippen molar-refractivity contribution in [2.24, 2.45) is 0 Å². The van der Waals surface area contributed by atoms with Crippen LogP contribution in [0.2, 0.25) is 0 Å². The number of pyridine rings is 1. The molecule has 0 radical (unpaired) electrons. The van der Waals surface area contributed by atoms with Crippen molar-refractivity contribution in [1.29, 1.82) is 0 Å². The van der Waals surface area contributed by atoms with Gasteiger partial charge in [-0.2, -0.15) is 0 Å². The first-order valence-electron chi connectivity index (χ1n) is 9.37. The van der Waals surface area contributed by atoms with Gasteiger partial charge in [-0.25, -0.2) is 9.78 Å². The number of aryl methyl sites for hydroxylation is 2. The van der Waals surface area contributed by atoms with E-state index in [1.54, 1.807) is 6.07 Å². The smallest absolute Gasteiger partial charge is 0.339 e. The molecule has 150 valence electrons. The maximum Gasteiger partial charge on any atom is 0.339 e. The molecule has 0 atom stereocenters. The first-order chi connectivity index (χ1) is 14.5. The number of thiazole rings is 1. The molecule has 2 heterocycles. The van der Waals surface area contributed by atoms with Crippen LogP contribution in [0, 0.1) is 13.8 Å². The molecule has 1 amide bonds. The summed E-state index contributed by atoms with van der Waals surface area (Å²) in [5.74, 6) is -1.00. The van der Waals surface area contributed by atoms with Crippen LogP contribution in [0.4, 0.5) is 5.13 Å². The van der Waals surface area contributed by atoms with Crippen LogP contribution in [0.25, 0.3) is 22.2 Å². The van der Waals surface area contributed by atoms with Gasteiger partial charge in [0, 0.05) is 21.5 Å². The molecule has 0 aliphatic carbocycles. The minimum Gasteiger partial charge on any atom is -0.452 e. The highest BCUT2D eigenvalue weighted by Gasteiger charge is 2.16. The van der Waals surface area contributed by atoms with Gasteiger partial charge >= 0.3 is 5.97 Å². The number of fused-ring (bicyclic) bond motifs is 1. The number of nitrogens with one attached hydrogen (secondary N) is 1. The number of anilines is 1. The Hall–Kier alpha value is -3.58. The van der Waals surface area contributed by atoms with Crippen LogP contribution >= 0.6 is 11.3 Å². The van der Waals surface area contributed by atoms with Crippen LogP contribution in [0.1, 0.15) is 20.9 Å². The Bertz CT molecular complexity index is 1240. The monoisotopic (exact) mass is 417 g/mol. The average Bonchev–Trinajstić information content (AvgIpc) is 3.11. The fourth-order valence-electron chi connectivity index (χ4n) is 3.15. The topological polar surface area (TPSA) is 81.2 Å². The Morgan fingerprint density at radius 1 is 1.00 bits per heavy atom. The predicted molar refractivity (Wildman–Crippen MR) is 118 cm³/mol. The van der Waals surface area contributed by atoms with E-state index in [1.807, 2.05) is 68.4 Å². The third-order valence-corrected chi connectivity index (χ3v) is 5.37. The zero-order valence-corrected chi connectivity index (χ0v) is 17.3. The van der Waals surface area contributed by atoms with Gasteiger partial charge in [0.1, 0.15) is 0 Å². The lowest BCUT2D eigenvalue weighted by atomic mass is 10.1. The highest BCUT2D eigenvalue weighted by atomic mass is 32.1. The van der Waals surface area contributed by atoms with Crippen LogP contribution in [0.5, 0.6) is 0 Å². The van der Waals surface area contributed by atoms with Crippen molar-refractivity contribution in [3.8, 4) is 11.3 Å². The van der Waals surface area contributed by atoms with E-state index in [2.05, 4.69) is 15.3 Å². The number of carbonyl (C=O) groups excluding carboxylic acids is 2. The maximum atomic E-state index is 12.6. The Labute approximate surface area is 177 Å². The van der Waals surface area contributed by atoms with Crippen LogP contribution in [0.15, 0.2) is 60.7 Å². The standard InChI is InChI=1S/C23H19N3O3S/c1-14-12-18(17-10-6-7-11-19(17)24-14)22(28)29-13-20(27)25-23-26-21(15(2)30-23)16-8-4-3-5-9-16/h3-12H,13H2,1-2H3,(H,25,26,27). The molecule has 7 heteroatoms. The Morgan fingerprint density at radius 3 is 2.53 bits per heavy atom. The molecule has 0 saturated heterocycles. The molecule has 1 N–H and O–H groups in total. The quantitative estimate of drug-likeness (QED) is 0.473. The molecule has 0 saturated carbocycles. The van der Waals surface area contributed by atoms with Crippen molar-refractivity contribution in [3.63, 3.8) is 0 Å². The van der Waals surface area contributed by atoms with Crippen LogP contribution in [0.3, 0.4) is 0 Å². The second-order valence-corrected chi connectivity index (χ2v) is 7.95. The number of benzene rings is 2. The summed E-state index contributed by atoms with van der Waals surface area (Å²) >= 11 is 1.38. The van der Waals surface area contributed by atoms with E-state index in [9.17, 15) is 9.59 Å². The number of amides is 1. The van der Waals surface area contributed by atoms with Crippen molar-refractivity contribution in [2.45, 2.75) is 13.8 Å². The van der Waals surface area contributed by atoms with Gasteiger partial charge in [0.2, 0.25) is 0 Å². The van der Waals surface area contributed by atoms with E-state index in [1.165, 1.54) is 11.3 Å². The SMILES string of the molecule is Cc1cc(C(=O)OCC(=O)Nc2nc(-c3ccccc3)c(C)s2)c2ccccc2n1. The van der Waals surface area contributed by atoms with Crippen molar-refractivity contribution in [2.75, 3.05) is 11.9 Å². The minimum absolute atomic E-state index is 0.391. The molecular weight excluding hydrogens is 398 g/mol. The molecule has 2 aromatic heterocycles. The highest BCUT2D eigenvalue weighted by molar-refractivity contribution is 7.16. The summed E-state index contributed by atoms with van der Waals surface area (Å²) in [5.41, 5.74) is 3.62. The lowest BCUT2D eigenvalue weighted by molar-refractivity contribution is -0.119. The Morgan fingerprint density at radius 2 is 1.73 bits per heavy atom. The molecule has 0 spiro atoms. The summed E-state index contributed by atoms with van der Waals surface area (Å²) in [5, 5.41) is 3.87. The first-order valence-corrected chi connectivity index (χ1v) is 10.2. The second-order valence-electron chi connectivity index (χ2n) is 6.74. The Balaban J connectivity index is 1.43. The van der Waals surface area contributed by atoms with Gasteiger partial charge in [-0.1, -0.05) is 48.5 Å². The number of rotatable bonds is 5. The lowest BCUT2D eigenvalue weighted by Gasteiger charge is -2.08. The molecule has 4 aromatic rings. The zero-order chi connectivity index (χ0) is 21.1. The summed E-state index contributed by atoms with van der Waals surface area (Å²) in [6.07, 6.45) is 0. The fraction of sp³-hybridized carbons (Fsp3) is 0.130. The molecule has 0 bridgehead atoms. The minimum atomic E-state index is -0.563. The van der Waals surface area contributed by atoms with E-state index in [4.69, 9.17) is 4.74 Å². The molecule has 4 rings (SSSR count). The normalized spacial score (nSPS) is 10.7. The largest absolute Gasteiger partial charge is 0.452 e. The molecule has 0 unspecified atom stereocenters. The fourth-order valence-corrected chi connectivity index (χ4v) is 4.01. The number of para-hydroxylation sites is 1. The number of carbonyl (C=O) groups is 2. The van der Waals surface area contributed by atoms with Crippen molar-refractivity contribution < 1.29 is 14.3 Å². The molecule has 0 aliphatic rings. The van der Waals surface area contributed by atoms with Gasteiger partial charge in [0.05, 0.1) is 16.8 Å². The lowest BCUT2D eigenvalue weighted by Crippen LogP contribution is -2.21. The summed E-state index contributed by atoms with van der Waals surface area (Å²) in [6.45, 7) is 3.37. The highest BCUT2D eigenvalue weighted by Crippen LogP contribution is 2.30. The van der Waals surface area contributed by atoms with E-state index >= 15 is 0 Å². The van der Waals surface area contributed by atoms with Crippen LogP contribution < -0.4 is 5.32 Å². The third-order valence-electron chi connectivity index (χ3n) is 4.49. The van der Waals surface area contributed by atoms with E-state index < -0.39 is 18.5 Å². The summed E-state index contributed by atoms with van der Waals surface area (Å²) < 4.78 is 5.24. The van der Waals surface area contributed by atoms with E-state index in [0.717, 1.165) is 16.1 Å². The summed E-state index contributed by atoms with van der Waals surface area (Å²) in [7, 11) is 0. The number of esters is 1. The molecule has 0 aliphatic heterocycles. The summed E-state index contributed by atoms with van der Waals surface area (Å²) in [6, 6.07) is 18.8. The predicted octanol–water partition coefficient (Wildman–Crippen LogP) is 4.77. The van der Waals surface area contributed by atoms with Crippen LogP contribution in [-0.4, -0.2) is 28.5 Å². The van der Waals surface area contributed by atoms with E-state index in [-0.39, 0.29) is 0 Å². The van der Waals surface area contributed by atoms with Gasteiger partial charge in [0.15, 0.2) is 11.7 Å². The summed E-state index contributed by atoms with van der Waals surface area (Å²) in [4.78, 5) is 34.8. The number of ether oxygens (including phenoxy) is 1. The van der Waals surface area contributed by atoms with Gasteiger partial charge in [-0.15, -0.1) is 11.3 Å². The number of hydrogen-bond donors (Lipinski definition) is 1. The van der Waals surface area contributed by atoms with Gasteiger partial charge in [-0.05, 0) is 26.0 Å². The van der Waals surface area contributed by atoms with E-state index in [0.29, 0.717) is 27.3 Å². The van der Waals surface area contributed by atoms with Crippen molar-refractivity contribution in [1.82, 2.24) is 9.97 Å². The molecular formula is C23H19N3O3S. The Kier molecular flexibility index (Phi) is 5.54. The van der Waals surface area contributed by atoms with Crippen molar-refractivity contribution in [3.05, 3.63) is 76.8 Å². The van der Waals surface area contributed by atoms with Crippen molar-refractivity contribution >= 4 is 39.2 Å². The number of nitrogens with zero attached hydrogens (tertiary/aromatic N) is 2. The first kappa shape index (κ1) is 19.7. The van der Waals surface area contributed by atoms with Gasteiger partial charge in [0.25, 0.3) is 5.91 Å². The van der Waals surface area contributed by atoms with Crippen LogP contribution in [-0.2, 0) is 9.53 Å². The zero-order valence-electron chi connectivity index (χ0n) is 16.5. The number of aromatic nitrogens is 2. The number of hydrogen-bond acceptors (Lipinski definition) is 6. The third kappa shape index (κ3) is 4.21. The molecule has 0 fully saturated rings. The average molecular weight is 417 g/mol. The van der Waals surface area contributed by atoms with Gasteiger partial charge in [-0.3, -0.25) is 15.1 Å². The van der Waals surface area contributed by atoms with Gasteiger partial charge < -0.3 is 4.74 Å². The second kappa shape index (κ2) is 8.42. The molecule has 6 nitrogen and oxygen atoms in total. The maximum absolute atomic E-state index is 12.6.